The summed E-state index contributed by atoms with van der Waals surface area (Å²) >= 11 is 0. The fourth-order valence-corrected chi connectivity index (χ4v) is 3.58. The van der Waals surface area contributed by atoms with Gasteiger partial charge in [-0.15, -0.1) is 0 Å². The molecule has 0 aliphatic rings. The van der Waals surface area contributed by atoms with Gasteiger partial charge in [-0.25, -0.2) is 4.98 Å². The van der Waals surface area contributed by atoms with Gasteiger partial charge in [-0.3, -0.25) is 14.4 Å². The Morgan fingerprint density at radius 1 is 1.03 bits per heavy atom. The van der Waals surface area contributed by atoms with Gasteiger partial charge in [0.25, 0.3) is 5.56 Å². The number of carbonyl (C=O) groups is 2. The van der Waals surface area contributed by atoms with Gasteiger partial charge in [-0.2, -0.15) is 0 Å². The molecule has 0 bridgehead atoms. The molecule has 2 N–H and O–H groups in total. The van der Waals surface area contributed by atoms with Crippen LogP contribution in [0, 0.1) is 6.92 Å². The summed E-state index contributed by atoms with van der Waals surface area (Å²) in [6.45, 7) is 3.39. The van der Waals surface area contributed by atoms with Gasteiger partial charge in [0.2, 0.25) is 5.78 Å². The first kappa shape index (κ1) is 19.6. The molecule has 0 fully saturated rings. The number of hydrogen-bond donors (Lipinski definition) is 2. The van der Waals surface area contributed by atoms with Crippen molar-refractivity contribution in [3.8, 4) is 0 Å². The minimum atomic E-state index is -0.918. The SMILES string of the molecule is Cc1[nH]c2ccccc2c1C(=O)[C@H](C)OC(=O)CCc1nc2ccccc2c(=O)[nH]1. The van der Waals surface area contributed by atoms with E-state index >= 15 is 0 Å². The summed E-state index contributed by atoms with van der Waals surface area (Å²) < 4.78 is 5.36. The highest BCUT2D eigenvalue weighted by molar-refractivity contribution is 6.11. The number of hydrogen-bond acceptors (Lipinski definition) is 5. The van der Waals surface area contributed by atoms with Crippen molar-refractivity contribution in [3.63, 3.8) is 0 Å². The monoisotopic (exact) mass is 403 g/mol. The molecule has 152 valence electrons. The van der Waals surface area contributed by atoms with E-state index in [0.717, 1.165) is 16.6 Å². The molecule has 0 aliphatic heterocycles. The first-order valence-electron chi connectivity index (χ1n) is 9.73. The maximum atomic E-state index is 12.9. The van der Waals surface area contributed by atoms with E-state index in [-0.39, 0.29) is 24.2 Å². The Morgan fingerprint density at radius 2 is 1.73 bits per heavy atom. The normalized spacial score (nSPS) is 12.2. The lowest BCUT2D eigenvalue weighted by molar-refractivity contribution is -0.146. The number of nitrogens with one attached hydrogen (secondary N) is 2. The van der Waals surface area contributed by atoms with Crippen molar-refractivity contribution in [3.05, 3.63) is 76.0 Å². The lowest BCUT2D eigenvalue weighted by Crippen LogP contribution is -2.25. The van der Waals surface area contributed by atoms with Gasteiger partial charge < -0.3 is 14.7 Å². The van der Waals surface area contributed by atoms with Gasteiger partial charge in [0.1, 0.15) is 5.82 Å². The maximum absolute atomic E-state index is 12.9. The van der Waals surface area contributed by atoms with E-state index in [0.29, 0.717) is 22.3 Å². The Kier molecular flexibility index (Phi) is 5.18. The number of aromatic nitrogens is 3. The van der Waals surface area contributed by atoms with Crippen molar-refractivity contribution in [1.29, 1.82) is 0 Å². The predicted molar refractivity (Wildman–Crippen MR) is 114 cm³/mol. The number of aromatic amines is 2. The molecule has 0 saturated carbocycles. The number of nitrogens with zero attached hydrogens (tertiary/aromatic N) is 1. The number of Topliss-reactive ketones (excluding diaryl/α,β-unsaturated/α-hetero) is 1. The molecule has 0 amide bonds. The van der Waals surface area contributed by atoms with Crippen LogP contribution in [0.3, 0.4) is 0 Å². The minimum absolute atomic E-state index is 0.00572. The van der Waals surface area contributed by atoms with E-state index in [1.165, 1.54) is 0 Å². The van der Waals surface area contributed by atoms with Gasteiger partial charge in [-0.05, 0) is 32.0 Å². The summed E-state index contributed by atoms with van der Waals surface area (Å²) in [5.41, 5.74) is 2.46. The lowest BCUT2D eigenvalue weighted by Gasteiger charge is -2.12. The average Bonchev–Trinajstić information content (AvgIpc) is 3.07. The number of esters is 1. The van der Waals surface area contributed by atoms with Crippen LogP contribution in [-0.2, 0) is 16.0 Å². The van der Waals surface area contributed by atoms with Crippen LogP contribution < -0.4 is 5.56 Å². The van der Waals surface area contributed by atoms with E-state index in [1.807, 2.05) is 31.2 Å². The molecule has 4 aromatic rings. The number of benzene rings is 2. The van der Waals surface area contributed by atoms with Gasteiger partial charge in [0, 0.05) is 28.6 Å². The van der Waals surface area contributed by atoms with Crippen LogP contribution >= 0.6 is 0 Å². The Morgan fingerprint density at radius 3 is 2.53 bits per heavy atom. The van der Waals surface area contributed by atoms with E-state index in [9.17, 15) is 14.4 Å². The second-order valence-corrected chi connectivity index (χ2v) is 7.20. The third-order valence-corrected chi connectivity index (χ3v) is 5.05. The molecule has 1 atom stereocenters. The molecule has 0 radical (unpaired) electrons. The minimum Gasteiger partial charge on any atom is -0.454 e. The van der Waals surface area contributed by atoms with Crippen molar-refractivity contribution in [2.24, 2.45) is 0 Å². The summed E-state index contributed by atoms with van der Waals surface area (Å²) in [6, 6.07) is 14.5. The quantitative estimate of drug-likeness (QED) is 0.379. The fraction of sp³-hybridized carbons (Fsp3) is 0.217. The van der Waals surface area contributed by atoms with Crippen molar-refractivity contribution in [1.82, 2.24) is 15.0 Å². The molecule has 7 nitrogen and oxygen atoms in total. The van der Waals surface area contributed by atoms with Crippen molar-refractivity contribution in [2.75, 3.05) is 0 Å². The summed E-state index contributed by atoms with van der Waals surface area (Å²) in [4.78, 5) is 47.5. The molecular formula is C23H21N3O4. The second-order valence-electron chi connectivity index (χ2n) is 7.20. The maximum Gasteiger partial charge on any atom is 0.306 e. The molecule has 2 aromatic heterocycles. The van der Waals surface area contributed by atoms with Gasteiger partial charge >= 0.3 is 5.97 Å². The highest BCUT2D eigenvalue weighted by atomic mass is 16.5. The summed E-state index contributed by atoms with van der Waals surface area (Å²) in [7, 11) is 0. The van der Waals surface area contributed by atoms with E-state index < -0.39 is 12.1 Å². The van der Waals surface area contributed by atoms with Crippen molar-refractivity contribution < 1.29 is 14.3 Å². The van der Waals surface area contributed by atoms with Crippen LogP contribution in [0.25, 0.3) is 21.8 Å². The van der Waals surface area contributed by atoms with Crippen LogP contribution in [0.5, 0.6) is 0 Å². The van der Waals surface area contributed by atoms with Crippen LogP contribution in [0.15, 0.2) is 53.3 Å². The molecule has 2 heterocycles. The summed E-state index contributed by atoms with van der Waals surface area (Å²) in [6.07, 6.45) is -0.698. The number of H-pyrrole nitrogens is 2. The smallest absolute Gasteiger partial charge is 0.306 e. The number of ether oxygens (including phenoxy) is 1. The number of aryl methyl sites for hydroxylation is 2. The molecule has 4 rings (SSSR count). The Balaban J connectivity index is 1.43. The number of fused-ring (bicyclic) bond motifs is 2. The summed E-state index contributed by atoms with van der Waals surface area (Å²) in [5, 5.41) is 1.30. The zero-order chi connectivity index (χ0) is 21.3. The van der Waals surface area contributed by atoms with Crippen molar-refractivity contribution >= 4 is 33.6 Å². The first-order chi connectivity index (χ1) is 14.4. The summed E-state index contributed by atoms with van der Waals surface area (Å²) in [5.74, 6) is -0.373. The Labute approximate surface area is 172 Å². The van der Waals surface area contributed by atoms with E-state index in [2.05, 4.69) is 15.0 Å². The predicted octanol–water partition coefficient (Wildman–Crippen LogP) is 3.46. The molecule has 2 aromatic carbocycles. The third-order valence-electron chi connectivity index (χ3n) is 5.05. The van der Waals surface area contributed by atoms with Gasteiger partial charge in [0.05, 0.1) is 17.3 Å². The molecule has 7 heteroatoms. The molecule has 0 aliphatic carbocycles. The van der Waals surface area contributed by atoms with Gasteiger partial charge in [-0.1, -0.05) is 30.3 Å². The fourth-order valence-electron chi connectivity index (χ4n) is 3.58. The molecule has 0 unspecified atom stereocenters. The molecule has 30 heavy (non-hydrogen) atoms. The highest BCUT2D eigenvalue weighted by Crippen LogP contribution is 2.24. The largest absolute Gasteiger partial charge is 0.454 e. The Bertz CT molecular complexity index is 1320. The van der Waals surface area contributed by atoms with Crippen LogP contribution in [0.4, 0.5) is 0 Å². The molecule has 0 spiro atoms. The van der Waals surface area contributed by atoms with E-state index in [4.69, 9.17) is 4.74 Å². The van der Waals surface area contributed by atoms with Gasteiger partial charge in [0.15, 0.2) is 6.10 Å². The van der Waals surface area contributed by atoms with Crippen LogP contribution in [0.2, 0.25) is 0 Å². The van der Waals surface area contributed by atoms with Crippen LogP contribution in [0.1, 0.15) is 35.2 Å². The Hall–Kier alpha value is -3.74. The number of rotatable bonds is 6. The topological polar surface area (TPSA) is 105 Å². The lowest BCUT2D eigenvalue weighted by atomic mass is 10.0. The zero-order valence-electron chi connectivity index (χ0n) is 16.7. The zero-order valence-corrected chi connectivity index (χ0v) is 16.7. The second kappa shape index (κ2) is 7.94. The standard InChI is InChI=1S/C23H21N3O4/c1-13-21(15-7-3-5-9-17(15)24-13)22(28)14(2)30-20(27)12-11-19-25-18-10-6-4-8-16(18)23(29)26-19/h3-10,14,24H,11-12H2,1-2H3,(H,25,26,29)/t14-/m0/s1. The van der Waals surface area contributed by atoms with Crippen LogP contribution in [-0.4, -0.2) is 32.8 Å². The van der Waals surface area contributed by atoms with Crippen molar-refractivity contribution in [2.45, 2.75) is 32.8 Å². The number of ketones is 1. The average molecular weight is 403 g/mol. The first-order valence-corrected chi connectivity index (χ1v) is 9.73. The highest BCUT2D eigenvalue weighted by Gasteiger charge is 2.24. The number of carbonyl (C=O) groups excluding carboxylic acids is 2. The molecular weight excluding hydrogens is 382 g/mol. The van der Waals surface area contributed by atoms with E-state index in [1.54, 1.807) is 31.2 Å². The molecule has 0 saturated heterocycles. The number of para-hydroxylation sites is 2. The third kappa shape index (κ3) is 3.74.